The minimum atomic E-state index is -0.172. The summed E-state index contributed by atoms with van der Waals surface area (Å²) < 4.78 is 0. The summed E-state index contributed by atoms with van der Waals surface area (Å²) in [5.41, 5.74) is 1.01. The minimum absolute atomic E-state index is 0.00421. The van der Waals surface area contributed by atoms with Crippen molar-refractivity contribution in [1.82, 2.24) is 4.90 Å². The van der Waals surface area contributed by atoms with Gasteiger partial charge in [-0.15, -0.1) is 0 Å². The van der Waals surface area contributed by atoms with Gasteiger partial charge in [0.05, 0.1) is 12.6 Å². The number of hydrogen-bond acceptors (Lipinski definition) is 2. The molecule has 1 heterocycles. The highest BCUT2D eigenvalue weighted by Crippen LogP contribution is 2.24. The molecule has 1 aromatic carbocycles. The van der Waals surface area contributed by atoms with E-state index in [4.69, 9.17) is 0 Å². The summed E-state index contributed by atoms with van der Waals surface area (Å²) in [4.78, 5) is 13.6. The molecule has 0 aromatic heterocycles. The van der Waals surface area contributed by atoms with Crippen LogP contribution in [0.2, 0.25) is 0 Å². The van der Waals surface area contributed by atoms with Gasteiger partial charge in [-0.1, -0.05) is 30.3 Å². The number of amides is 1. The van der Waals surface area contributed by atoms with Crippen molar-refractivity contribution >= 4 is 5.91 Å². The van der Waals surface area contributed by atoms with Gasteiger partial charge in [0.15, 0.2) is 0 Å². The summed E-state index contributed by atoms with van der Waals surface area (Å²) in [7, 11) is 0. The lowest BCUT2D eigenvalue weighted by atomic mass is 10.0. The smallest absolute Gasteiger partial charge is 0.223 e. The molecule has 1 aliphatic heterocycles. The second kappa shape index (κ2) is 5.12. The predicted octanol–water partition coefficient (Wildman–Crippen LogP) is 1.73. The fraction of sp³-hybridized carbons (Fsp3) is 0.462. The van der Waals surface area contributed by atoms with Gasteiger partial charge in [0.1, 0.15) is 0 Å². The first-order valence-corrected chi connectivity index (χ1v) is 5.78. The standard InChI is InChI=1S/C13H17NO2/c15-10-12(11-6-2-1-3-7-11)14-9-5-4-8-13(14)16/h1-3,6-7,12,15H,4-5,8-10H2. The molecule has 16 heavy (non-hydrogen) atoms. The number of carbonyl (C=O) groups excluding carboxylic acids is 1. The lowest BCUT2D eigenvalue weighted by molar-refractivity contribution is -0.137. The molecular formula is C13H17NO2. The predicted molar refractivity (Wildman–Crippen MR) is 61.8 cm³/mol. The van der Waals surface area contributed by atoms with Crippen LogP contribution in [-0.2, 0) is 4.79 Å². The summed E-state index contributed by atoms with van der Waals surface area (Å²) in [6.45, 7) is 0.759. The SMILES string of the molecule is O=C1CCCCN1C(CO)c1ccccc1. The van der Waals surface area contributed by atoms with Gasteiger partial charge in [0.25, 0.3) is 0 Å². The molecule has 0 spiro atoms. The molecule has 1 amide bonds. The highest BCUT2D eigenvalue weighted by Gasteiger charge is 2.26. The Hall–Kier alpha value is -1.35. The minimum Gasteiger partial charge on any atom is -0.394 e. The van der Waals surface area contributed by atoms with Crippen molar-refractivity contribution in [2.24, 2.45) is 0 Å². The van der Waals surface area contributed by atoms with Gasteiger partial charge in [-0.05, 0) is 18.4 Å². The maximum atomic E-state index is 11.8. The maximum Gasteiger partial charge on any atom is 0.223 e. The monoisotopic (exact) mass is 219 g/mol. The summed E-state index contributed by atoms with van der Waals surface area (Å²) in [5.74, 6) is 0.161. The number of piperidine rings is 1. The van der Waals surface area contributed by atoms with E-state index in [1.165, 1.54) is 0 Å². The number of rotatable bonds is 3. The highest BCUT2D eigenvalue weighted by molar-refractivity contribution is 5.77. The zero-order chi connectivity index (χ0) is 11.4. The zero-order valence-electron chi connectivity index (χ0n) is 9.30. The van der Waals surface area contributed by atoms with Crippen molar-refractivity contribution in [3.05, 3.63) is 35.9 Å². The lowest BCUT2D eigenvalue weighted by Crippen LogP contribution is -2.39. The molecule has 0 bridgehead atoms. The molecule has 1 unspecified atom stereocenters. The van der Waals surface area contributed by atoms with Crippen LogP contribution in [0.25, 0.3) is 0 Å². The van der Waals surface area contributed by atoms with Crippen molar-refractivity contribution in [2.75, 3.05) is 13.2 Å². The summed E-state index contributed by atoms with van der Waals surface area (Å²) in [5, 5.41) is 9.46. The third-order valence-corrected chi connectivity index (χ3v) is 3.09. The van der Waals surface area contributed by atoms with E-state index in [2.05, 4.69) is 0 Å². The van der Waals surface area contributed by atoms with E-state index in [1.807, 2.05) is 30.3 Å². The van der Waals surface area contributed by atoms with Gasteiger partial charge >= 0.3 is 0 Å². The number of carbonyl (C=O) groups is 1. The third kappa shape index (κ3) is 2.25. The lowest BCUT2D eigenvalue weighted by Gasteiger charge is -2.33. The van der Waals surface area contributed by atoms with Crippen LogP contribution in [0.1, 0.15) is 30.9 Å². The first-order chi connectivity index (χ1) is 7.83. The molecule has 3 heteroatoms. The molecular weight excluding hydrogens is 202 g/mol. The van der Waals surface area contributed by atoms with Crippen LogP contribution < -0.4 is 0 Å². The molecule has 86 valence electrons. The van der Waals surface area contributed by atoms with Gasteiger partial charge in [-0.2, -0.15) is 0 Å². The molecule has 2 rings (SSSR count). The van der Waals surface area contributed by atoms with Gasteiger partial charge in [0, 0.05) is 13.0 Å². The van der Waals surface area contributed by atoms with Crippen molar-refractivity contribution in [1.29, 1.82) is 0 Å². The molecule has 1 atom stereocenters. The molecule has 0 saturated carbocycles. The average molecular weight is 219 g/mol. The fourth-order valence-corrected chi connectivity index (χ4v) is 2.22. The Balaban J connectivity index is 2.18. The Morgan fingerprint density at radius 2 is 2.00 bits per heavy atom. The third-order valence-electron chi connectivity index (χ3n) is 3.09. The number of likely N-dealkylation sites (tertiary alicyclic amines) is 1. The first kappa shape index (κ1) is 11.1. The molecule has 1 aliphatic rings. The molecule has 0 aliphatic carbocycles. The van der Waals surface area contributed by atoms with Crippen LogP contribution in [0.3, 0.4) is 0 Å². The Morgan fingerprint density at radius 3 is 2.62 bits per heavy atom. The molecule has 1 aromatic rings. The van der Waals surface area contributed by atoms with E-state index in [1.54, 1.807) is 4.90 Å². The summed E-state index contributed by atoms with van der Waals surface area (Å²) in [6, 6.07) is 9.56. The Morgan fingerprint density at radius 1 is 1.25 bits per heavy atom. The molecule has 0 radical (unpaired) electrons. The molecule has 1 saturated heterocycles. The zero-order valence-corrected chi connectivity index (χ0v) is 9.30. The van der Waals surface area contributed by atoms with Crippen LogP contribution in [0, 0.1) is 0 Å². The number of aliphatic hydroxyl groups is 1. The van der Waals surface area contributed by atoms with Gasteiger partial charge in [-0.3, -0.25) is 4.79 Å². The van der Waals surface area contributed by atoms with Crippen molar-refractivity contribution in [2.45, 2.75) is 25.3 Å². The average Bonchev–Trinajstić information content (AvgIpc) is 2.34. The first-order valence-electron chi connectivity index (χ1n) is 5.78. The van der Waals surface area contributed by atoms with Gasteiger partial charge < -0.3 is 10.0 Å². The highest BCUT2D eigenvalue weighted by atomic mass is 16.3. The van der Waals surface area contributed by atoms with Gasteiger partial charge in [0.2, 0.25) is 5.91 Å². The topological polar surface area (TPSA) is 40.5 Å². The Kier molecular flexibility index (Phi) is 3.57. The Bertz CT molecular complexity index is 350. The number of aliphatic hydroxyl groups excluding tert-OH is 1. The quantitative estimate of drug-likeness (QED) is 0.841. The summed E-state index contributed by atoms with van der Waals surface area (Å²) >= 11 is 0. The molecule has 1 N–H and O–H groups in total. The summed E-state index contributed by atoms with van der Waals surface area (Å²) in [6.07, 6.45) is 2.63. The Labute approximate surface area is 95.7 Å². The van der Waals surface area contributed by atoms with Crippen LogP contribution in [-0.4, -0.2) is 29.1 Å². The molecule has 3 nitrogen and oxygen atoms in total. The van der Waals surface area contributed by atoms with E-state index in [9.17, 15) is 9.90 Å². The van der Waals surface area contributed by atoms with E-state index >= 15 is 0 Å². The van der Waals surface area contributed by atoms with E-state index < -0.39 is 0 Å². The fourth-order valence-electron chi connectivity index (χ4n) is 2.22. The van der Waals surface area contributed by atoms with Crippen LogP contribution >= 0.6 is 0 Å². The van der Waals surface area contributed by atoms with Crippen molar-refractivity contribution < 1.29 is 9.90 Å². The van der Waals surface area contributed by atoms with Crippen LogP contribution in [0.15, 0.2) is 30.3 Å². The largest absolute Gasteiger partial charge is 0.394 e. The second-order valence-electron chi connectivity index (χ2n) is 4.15. The number of hydrogen-bond donors (Lipinski definition) is 1. The number of nitrogens with zero attached hydrogens (tertiary/aromatic N) is 1. The molecule has 1 fully saturated rings. The van der Waals surface area contributed by atoms with E-state index in [0.29, 0.717) is 6.42 Å². The van der Waals surface area contributed by atoms with E-state index in [-0.39, 0.29) is 18.6 Å². The normalized spacial score (nSPS) is 18.6. The second-order valence-corrected chi connectivity index (χ2v) is 4.15. The van der Waals surface area contributed by atoms with Crippen molar-refractivity contribution in [3.63, 3.8) is 0 Å². The number of benzene rings is 1. The van der Waals surface area contributed by atoms with Gasteiger partial charge in [-0.25, -0.2) is 0 Å². The van der Waals surface area contributed by atoms with E-state index in [0.717, 1.165) is 24.9 Å². The van der Waals surface area contributed by atoms with Crippen LogP contribution in [0.4, 0.5) is 0 Å². The van der Waals surface area contributed by atoms with Crippen molar-refractivity contribution in [3.8, 4) is 0 Å². The maximum absolute atomic E-state index is 11.8. The van der Waals surface area contributed by atoms with Crippen LogP contribution in [0.5, 0.6) is 0 Å².